The second-order valence-corrected chi connectivity index (χ2v) is 7.91. The maximum atomic E-state index is 13.3. The predicted octanol–water partition coefficient (Wildman–Crippen LogP) is 3.91. The number of nitrogens with zero attached hydrogens (tertiary/aromatic N) is 2. The molecular weight excluding hydrogens is 450 g/mol. The third kappa shape index (κ3) is 3.63. The van der Waals surface area contributed by atoms with Crippen LogP contribution in [0.2, 0.25) is 0 Å². The Hall–Kier alpha value is -4.79. The minimum atomic E-state index is -1.05. The molecule has 0 spiro atoms. The largest absolute Gasteiger partial charge is 0.508 e. The van der Waals surface area contributed by atoms with E-state index in [4.69, 9.17) is 9.47 Å². The highest BCUT2D eigenvalue weighted by atomic mass is 16.5. The molecule has 0 aliphatic carbocycles. The number of imidazole rings is 1. The summed E-state index contributed by atoms with van der Waals surface area (Å²) in [6.07, 6.45) is 0. The molecule has 4 aromatic rings. The molecule has 1 atom stereocenters. The van der Waals surface area contributed by atoms with E-state index >= 15 is 0 Å². The fourth-order valence-electron chi connectivity index (χ4n) is 4.25. The van der Waals surface area contributed by atoms with Crippen molar-refractivity contribution in [1.82, 2.24) is 9.97 Å². The van der Waals surface area contributed by atoms with E-state index in [0.717, 1.165) is 0 Å². The number of aromatic nitrogens is 2. The normalized spacial score (nSPS) is 17.2. The van der Waals surface area contributed by atoms with Gasteiger partial charge in [-0.25, -0.2) is 4.98 Å². The number of phenolic OH excluding ortho intramolecular Hbond substituents is 1. The zero-order valence-electron chi connectivity index (χ0n) is 18.9. The molecule has 1 aliphatic heterocycles. The van der Waals surface area contributed by atoms with Crippen LogP contribution in [0, 0.1) is 0 Å². The van der Waals surface area contributed by atoms with Gasteiger partial charge in [0.2, 0.25) is 5.95 Å². The van der Waals surface area contributed by atoms with Gasteiger partial charge < -0.3 is 24.7 Å². The standard InChI is InChI=1S/C26H21N3O6/c1-34-19-11-10-15(13-20(19)35-2)23(31)21-22(14-6-5-7-16(30)12-14)29(25(33)24(21)32)26-27-17-8-3-4-9-18(17)28-26/h3-13,22,30-31H,1-2H3,(H,27,28)/b23-21+. The second-order valence-electron chi connectivity index (χ2n) is 7.91. The molecular formula is C26H21N3O6. The van der Waals surface area contributed by atoms with Crippen LogP contribution in [-0.2, 0) is 9.59 Å². The molecule has 35 heavy (non-hydrogen) atoms. The van der Waals surface area contributed by atoms with Crippen molar-refractivity contribution in [3.8, 4) is 17.2 Å². The highest BCUT2D eigenvalue weighted by molar-refractivity contribution is 6.51. The monoisotopic (exact) mass is 471 g/mol. The van der Waals surface area contributed by atoms with Gasteiger partial charge in [-0.15, -0.1) is 0 Å². The van der Waals surface area contributed by atoms with Crippen LogP contribution >= 0.6 is 0 Å². The Balaban J connectivity index is 1.73. The van der Waals surface area contributed by atoms with Crippen LogP contribution in [-0.4, -0.2) is 46.1 Å². The lowest BCUT2D eigenvalue weighted by molar-refractivity contribution is -0.132. The maximum absolute atomic E-state index is 13.3. The molecule has 1 fully saturated rings. The number of aliphatic hydroxyl groups is 1. The van der Waals surface area contributed by atoms with Crippen molar-refractivity contribution in [3.63, 3.8) is 0 Å². The molecule has 3 aromatic carbocycles. The number of methoxy groups -OCH3 is 2. The summed E-state index contributed by atoms with van der Waals surface area (Å²) in [5.41, 5.74) is 1.83. The summed E-state index contributed by atoms with van der Waals surface area (Å²) < 4.78 is 10.6. The summed E-state index contributed by atoms with van der Waals surface area (Å²) >= 11 is 0. The molecule has 0 bridgehead atoms. The summed E-state index contributed by atoms with van der Waals surface area (Å²) in [4.78, 5) is 35.3. The first-order chi connectivity index (χ1) is 16.9. The summed E-state index contributed by atoms with van der Waals surface area (Å²) in [6.45, 7) is 0. The molecule has 3 N–H and O–H groups in total. The lowest BCUT2D eigenvalue weighted by atomic mass is 9.95. The number of amides is 1. The summed E-state index contributed by atoms with van der Waals surface area (Å²) in [7, 11) is 2.94. The number of aliphatic hydroxyl groups excluding tert-OH is 1. The minimum Gasteiger partial charge on any atom is -0.508 e. The summed E-state index contributed by atoms with van der Waals surface area (Å²) in [5.74, 6) is -1.26. The van der Waals surface area contributed by atoms with E-state index in [-0.39, 0.29) is 22.8 Å². The number of fused-ring (bicyclic) bond motifs is 1. The van der Waals surface area contributed by atoms with Crippen LogP contribution in [0.25, 0.3) is 16.8 Å². The molecule has 1 aromatic heterocycles. The van der Waals surface area contributed by atoms with Gasteiger partial charge in [0.1, 0.15) is 11.5 Å². The van der Waals surface area contributed by atoms with E-state index in [9.17, 15) is 19.8 Å². The topological polar surface area (TPSA) is 125 Å². The number of H-pyrrole nitrogens is 1. The zero-order chi connectivity index (χ0) is 24.7. The first-order valence-electron chi connectivity index (χ1n) is 10.7. The Labute approximate surface area is 199 Å². The van der Waals surface area contributed by atoms with Crippen molar-refractivity contribution in [1.29, 1.82) is 0 Å². The smallest absolute Gasteiger partial charge is 0.302 e. The average Bonchev–Trinajstić information content (AvgIpc) is 3.41. The maximum Gasteiger partial charge on any atom is 0.302 e. The Morgan fingerprint density at radius 1 is 0.971 bits per heavy atom. The van der Waals surface area contributed by atoms with Crippen molar-refractivity contribution in [2.75, 3.05) is 19.1 Å². The molecule has 1 amide bonds. The van der Waals surface area contributed by atoms with E-state index in [1.807, 2.05) is 12.1 Å². The number of Topliss-reactive ketones (excluding diaryl/α,β-unsaturated/α-hetero) is 1. The number of hydrogen-bond donors (Lipinski definition) is 3. The van der Waals surface area contributed by atoms with Crippen LogP contribution in [0.5, 0.6) is 17.2 Å². The van der Waals surface area contributed by atoms with E-state index in [0.29, 0.717) is 28.1 Å². The molecule has 9 heteroatoms. The number of para-hydroxylation sites is 2. The third-order valence-corrected chi connectivity index (χ3v) is 5.89. The Morgan fingerprint density at radius 3 is 2.46 bits per heavy atom. The van der Waals surface area contributed by atoms with Gasteiger partial charge in [0, 0.05) is 5.56 Å². The van der Waals surface area contributed by atoms with Gasteiger partial charge in [-0.2, -0.15) is 0 Å². The van der Waals surface area contributed by atoms with Gasteiger partial charge in [0.25, 0.3) is 5.78 Å². The van der Waals surface area contributed by atoms with Gasteiger partial charge in [-0.05, 0) is 48.0 Å². The van der Waals surface area contributed by atoms with Gasteiger partial charge >= 0.3 is 5.91 Å². The number of carbonyl (C=O) groups is 2. The number of ether oxygens (including phenoxy) is 2. The van der Waals surface area contributed by atoms with Crippen molar-refractivity contribution in [2.24, 2.45) is 0 Å². The molecule has 176 valence electrons. The number of hydrogen-bond acceptors (Lipinski definition) is 7. The molecule has 0 radical (unpaired) electrons. The summed E-state index contributed by atoms with van der Waals surface area (Å²) in [5, 5.41) is 21.4. The van der Waals surface area contributed by atoms with Crippen molar-refractivity contribution in [2.45, 2.75) is 6.04 Å². The lowest BCUT2D eigenvalue weighted by Crippen LogP contribution is -2.30. The van der Waals surface area contributed by atoms with Gasteiger partial charge in [0.05, 0.1) is 36.9 Å². The number of benzene rings is 3. The zero-order valence-corrected chi connectivity index (χ0v) is 18.9. The predicted molar refractivity (Wildman–Crippen MR) is 129 cm³/mol. The molecule has 1 unspecified atom stereocenters. The number of ketones is 1. The van der Waals surface area contributed by atoms with Crippen molar-refractivity contribution >= 4 is 34.4 Å². The highest BCUT2D eigenvalue weighted by Gasteiger charge is 2.48. The Morgan fingerprint density at radius 2 is 1.74 bits per heavy atom. The fraction of sp³-hybridized carbons (Fsp3) is 0.115. The fourth-order valence-corrected chi connectivity index (χ4v) is 4.25. The molecule has 0 saturated carbocycles. The number of carbonyl (C=O) groups excluding carboxylic acids is 2. The lowest BCUT2D eigenvalue weighted by Gasteiger charge is -2.23. The molecule has 1 saturated heterocycles. The van der Waals surface area contributed by atoms with Gasteiger partial charge in [0.15, 0.2) is 11.5 Å². The second kappa shape index (κ2) is 8.53. The average molecular weight is 471 g/mol. The van der Waals surface area contributed by atoms with E-state index in [1.54, 1.807) is 36.4 Å². The number of nitrogens with one attached hydrogen (secondary N) is 1. The van der Waals surface area contributed by atoms with Crippen LogP contribution in [0.15, 0.2) is 72.3 Å². The number of aromatic hydroxyl groups is 1. The van der Waals surface area contributed by atoms with Gasteiger partial charge in [-0.1, -0.05) is 24.3 Å². The Kier molecular flexibility index (Phi) is 5.37. The number of rotatable bonds is 5. The SMILES string of the molecule is COc1ccc(/C(O)=C2\C(=O)C(=O)N(c3nc4ccccc4[nH]3)C2c2cccc(O)c2)cc1OC. The van der Waals surface area contributed by atoms with Gasteiger partial charge in [-0.3, -0.25) is 14.5 Å². The molecule has 1 aliphatic rings. The van der Waals surface area contributed by atoms with Crippen molar-refractivity contribution in [3.05, 3.63) is 83.4 Å². The minimum absolute atomic E-state index is 0.0520. The number of phenols is 1. The molecule has 2 heterocycles. The number of aromatic amines is 1. The van der Waals surface area contributed by atoms with Crippen LogP contribution < -0.4 is 14.4 Å². The van der Waals surface area contributed by atoms with E-state index < -0.39 is 23.5 Å². The van der Waals surface area contributed by atoms with Crippen LogP contribution in [0.4, 0.5) is 5.95 Å². The summed E-state index contributed by atoms with van der Waals surface area (Å²) in [6, 6.07) is 17.0. The first kappa shape index (κ1) is 22.0. The van der Waals surface area contributed by atoms with Crippen LogP contribution in [0.1, 0.15) is 17.2 Å². The molecule has 9 nitrogen and oxygen atoms in total. The highest BCUT2D eigenvalue weighted by Crippen LogP contribution is 2.43. The number of anilines is 1. The van der Waals surface area contributed by atoms with Crippen LogP contribution in [0.3, 0.4) is 0 Å². The van der Waals surface area contributed by atoms with Crippen molar-refractivity contribution < 1.29 is 29.3 Å². The first-order valence-corrected chi connectivity index (χ1v) is 10.7. The van der Waals surface area contributed by atoms with E-state index in [1.165, 1.54) is 37.3 Å². The Bertz CT molecular complexity index is 1470. The third-order valence-electron chi connectivity index (χ3n) is 5.89. The quantitative estimate of drug-likeness (QED) is 0.229. The molecule has 5 rings (SSSR count). The van der Waals surface area contributed by atoms with E-state index in [2.05, 4.69) is 9.97 Å².